The number of fused-ring (bicyclic) bond motifs is 10. The average Bonchev–Trinajstić information content (AvgIpc) is 3.18. The summed E-state index contributed by atoms with van der Waals surface area (Å²) >= 11 is 0.0741. The molecule has 0 N–H and O–H groups in total. The maximum atomic E-state index is 12.5. The Labute approximate surface area is 162 Å². The van der Waals surface area contributed by atoms with E-state index in [-0.39, 0.29) is 51.4 Å². The summed E-state index contributed by atoms with van der Waals surface area (Å²) in [6.07, 6.45) is 0. The van der Waals surface area contributed by atoms with Gasteiger partial charge in [0.05, 0.1) is 0 Å². The van der Waals surface area contributed by atoms with Crippen LogP contribution in [0.15, 0.2) is 8.94 Å². The molecule has 0 aromatic carbocycles. The van der Waals surface area contributed by atoms with Gasteiger partial charge >= 0.3 is 162 Å². The topological polar surface area (TPSA) is 86.7 Å². The monoisotopic (exact) mass is 488 g/mol. The zero-order chi connectivity index (χ0) is 18.6. The molecule has 2 aliphatic carbocycles. The number of cyclic esters (lactones) is 4. The van der Waals surface area contributed by atoms with Crippen molar-refractivity contribution in [2.45, 2.75) is 37.3 Å². The summed E-state index contributed by atoms with van der Waals surface area (Å²) < 4.78 is 12.7. The van der Waals surface area contributed by atoms with Crippen LogP contribution in [0.2, 0.25) is 9.63 Å². The number of ether oxygens (including phenoxy) is 2. The van der Waals surface area contributed by atoms with Crippen LogP contribution < -0.4 is 0 Å². The Kier molecular flexibility index (Phi) is 2.43. The van der Waals surface area contributed by atoms with Gasteiger partial charge in [0.15, 0.2) is 0 Å². The van der Waals surface area contributed by atoms with Crippen molar-refractivity contribution < 1.29 is 28.7 Å². The van der Waals surface area contributed by atoms with Crippen molar-refractivity contribution in [1.29, 1.82) is 0 Å². The molecule has 0 radical (unpaired) electrons. The zero-order valence-electron chi connectivity index (χ0n) is 14.6. The molecule has 0 spiro atoms. The minimum absolute atomic E-state index is 0.0370. The Morgan fingerprint density at radius 1 is 0.615 bits per heavy atom. The van der Waals surface area contributed by atoms with Gasteiger partial charge in [0.2, 0.25) is 0 Å². The molecule has 2 saturated heterocycles. The van der Waals surface area contributed by atoms with Gasteiger partial charge in [-0.1, -0.05) is 0 Å². The van der Waals surface area contributed by atoms with Crippen LogP contribution in [0.1, 0.15) is 27.7 Å². The van der Waals surface area contributed by atoms with Crippen molar-refractivity contribution in [2.75, 3.05) is 0 Å². The molecule has 8 atom stereocenters. The molecule has 4 aliphatic heterocycles. The van der Waals surface area contributed by atoms with Crippen LogP contribution in [-0.4, -0.2) is 53.8 Å². The van der Waals surface area contributed by atoms with Gasteiger partial charge in [-0.2, -0.15) is 0 Å². The molecular weight excluding hydrogens is 470 g/mol. The summed E-state index contributed by atoms with van der Waals surface area (Å²) in [6.45, 7) is 7.48. The predicted octanol–water partition coefficient (Wildman–Crippen LogP) is 0.662. The summed E-state index contributed by atoms with van der Waals surface area (Å²) in [6, 6.07) is 0. The van der Waals surface area contributed by atoms with E-state index in [1.807, 2.05) is 27.7 Å². The Morgan fingerprint density at radius 3 is 1.27 bits per heavy atom. The van der Waals surface area contributed by atoms with Crippen LogP contribution in [0, 0.1) is 33.5 Å². The van der Waals surface area contributed by atoms with E-state index in [1.54, 1.807) is 0 Å². The van der Waals surface area contributed by atoms with E-state index in [1.165, 1.54) is 8.94 Å². The van der Waals surface area contributed by atoms with Crippen LogP contribution in [0.3, 0.4) is 0 Å². The van der Waals surface area contributed by atoms with E-state index in [9.17, 15) is 19.2 Å². The SMILES string of the molecule is CC12C(=O)OC(=O)C1(C)C1C3=C([Se]C12)C1C([Se]3)C2(C)C(=O)OC(=O)C12C. The van der Waals surface area contributed by atoms with E-state index in [0.717, 1.165) is 0 Å². The van der Waals surface area contributed by atoms with Gasteiger partial charge in [-0.15, -0.1) is 0 Å². The van der Waals surface area contributed by atoms with Crippen LogP contribution in [0.25, 0.3) is 0 Å². The Balaban J connectivity index is 1.47. The quantitative estimate of drug-likeness (QED) is 0.284. The third-order valence-corrected chi connectivity index (χ3v) is 16.4. The molecule has 0 aromatic rings. The average molecular weight is 486 g/mol. The number of esters is 4. The Bertz CT molecular complexity index is 866. The summed E-state index contributed by atoms with van der Waals surface area (Å²) in [4.78, 5) is 50.2. The standard InChI is InChI=1S/C18H16O6Se2/c1-15-5-7-8(26-9(5)17(15,3)13(21)23-11(15)19)6-10(25-7)18(4)14(22)24-12(20)16(6,18)2/h5-6,9-10H,1-4H3. The number of allylic oxidation sites excluding steroid dienone is 2. The molecule has 6 aliphatic rings. The van der Waals surface area contributed by atoms with Crippen molar-refractivity contribution in [2.24, 2.45) is 33.5 Å². The molecule has 2 saturated carbocycles. The fourth-order valence-electron chi connectivity index (χ4n) is 6.26. The maximum absolute atomic E-state index is 12.5. The molecular formula is C18H16O6Se2. The number of hydrogen-bond donors (Lipinski definition) is 0. The van der Waals surface area contributed by atoms with E-state index in [4.69, 9.17) is 9.47 Å². The number of hydrogen-bond acceptors (Lipinski definition) is 6. The van der Waals surface area contributed by atoms with Crippen LogP contribution in [0.4, 0.5) is 0 Å². The van der Waals surface area contributed by atoms with Gasteiger partial charge in [-0.3, -0.25) is 0 Å². The van der Waals surface area contributed by atoms with Crippen molar-refractivity contribution in [3.8, 4) is 0 Å². The van der Waals surface area contributed by atoms with E-state index in [0.29, 0.717) is 0 Å². The first-order valence-corrected chi connectivity index (χ1v) is 12.4. The third-order valence-electron chi connectivity index (χ3n) is 8.53. The summed E-state index contributed by atoms with van der Waals surface area (Å²) in [5.74, 6) is -1.49. The zero-order valence-corrected chi connectivity index (χ0v) is 18.0. The van der Waals surface area contributed by atoms with Crippen molar-refractivity contribution >= 4 is 53.8 Å². The van der Waals surface area contributed by atoms with Gasteiger partial charge in [-0.25, -0.2) is 0 Å². The fraction of sp³-hybridized carbons (Fsp3) is 0.667. The second-order valence-corrected chi connectivity index (χ2v) is 13.9. The molecule has 8 unspecified atom stereocenters. The van der Waals surface area contributed by atoms with Crippen molar-refractivity contribution in [3.05, 3.63) is 8.94 Å². The van der Waals surface area contributed by atoms with Gasteiger partial charge < -0.3 is 0 Å². The normalized spacial score (nSPS) is 58.3. The molecule has 4 fully saturated rings. The number of carbonyl (C=O) groups excluding carboxylic acids is 4. The van der Waals surface area contributed by atoms with Crippen molar-refractivity contribution in [1.82, 2.24) is 0 Å². The van der Waals surface area contributed by atoms with Gasteiger partial charge in [0.1, 0.15) is 0 Å². The fourth-order valence-corrected chi connectivity index (χ4v) is 17.2. The van der Waals surface area contributed by atoms with Crippen LogP contribution >= 0.6 is 0 Å². The Hall–Kier alpha value is -0.941. The van der Waals surface area contributed by atoms with Crippen LogP contribution in [0.5, 0.6) is 0 Å². The first-order valence-electron chi connectivity index (χ1n) is 8.66. The summed E-state index contributed by atoms with van der Waals surface area (Å²) in [5.41, 5.74) is -3.07. The second kappa shape index (κ2) is 3.93. The van der Waals surface area contributed by atoms with Gasteiger partial charge in [0, 0.05) is 0 Å². The molecule has 0 amide bonds. The number of rotatable bonds is 0. The molecule has 0 bridgehead atoms. The van der Waals surface area contributed by atoms with E-state index < -0.39 is 45.5 Å². The first-order chi connectivity index (χ1) is 12.1. The molecule has 26 heavy (non-hydrogen) atoms. The molecule has 136 valence electrons. The summed E-state index contributed by atoms with van der Waals surface area (Å²) in [5, 5.41) is 0. The van der Waals surface area contributed by atoms with Gasteiger partial charge in [0.25, 0.3) is 0 Å². The molecule has 6 nitrogen and oxygen atoms in total. The minimum atomic E-state index is -0.791. The molecule has 4 heterocycles. The molecule has 8 heteroatoms. The van der Waals surface area contributed by atoms with E-state index >= 15 is 0 Å². The molecule has 6 rings (SSSR count). The summed E-state index contributed by atoms with van der Waals surface area (Å²) in [7, 11) is 0. The Morgan fingerprint density at radius 2 is 0.923 bits per heavy atom. The first kappa shape index (κ1) is 16.1. The number of carbonyl (C=O) groups is 4. The molecule has 0 aromatic heterocycles. The third kappa shape index (κ3) is 1.10. The van der Waals surface area contributed by atoms with E-state index in [2.05, 4.69) is 0 Å². The van der Waals surface area contributed by atoms with Crippen LogP contribution in [-0.2, 0) is 28.7 Å². The second-order valence-electron chi connectivity index (χ2n) is 8.92. The van der Waals surface area contributed by atoms with Gasteiger partial charge in [-0.05, 0) is 0 Å². The predicted molar refractivity (Wildman–Crippen MR) is 87.6 cm³/mol. The van der Waals surface area contributed by atoms with Crippen molar-refractivity contribution in [3.63, 3.8) is 0 Å².